The molecule has 4 aromatic rings. The third-order valence-electron chi connectivity index (χ3n) is 5.10. The molecule has 0 amide bonds. The van der Waals surface area contributed by atoms with Crippen LogP contribution in [0.15, 0.2) is 66.7 Å². The van der Waals surface area contributed by atoms with E-state index in [1.165, 1.54) is 32.3 Å². The maximum absolute atomic E-state index is 6.14. The number of fused-ring (bicyclic) bond motifs is 6. The van der Waals surface area contributed by atoms with Crippen LogP contribution in [-0.2, 0) is 13.3 Å². The van der Waals surface area contributed by atoms with Crippen molar-refractivity contribution in [3.63, 3.8) is 0 Å². The lowest BCUT2D eigenvalue weighted by Gasteiger charge is -2.29. The standard InChI is InChI=1S/C24H26O3Si/c1-4-25-28(26-5-2,27-6-3)18-15-16-23-21-13-8-7-11-19(21)20-12-9-10-14-22(20)24(23)17-18/h7-17H,4-6H2,1-3H3. The third kappa shape index (κ3) is 3.12. The molecule has 0 heterocycles. The fourth-order valence-electron chi connectivity index (χ4n) is 4.04. The monoisotopic (exact) mass is 390 g/mol. The summed E-state index contributed by atoms with van der Waals surface area (Å²) in [6.45, 7) is 7.64. The summed E-state index contributed by atoms with van der Waals surface area (Å²) in [5.41, 5.74) is 0. The quantitative estimate of drug-likeness (QED) is 0.312. The van der Waals surface area contributed by atoms with Gasteiger partial charge in [-0.1, -0.05) is 60.7 Å². The lowest BCUT2D eigenvalue weighted by molar-refractivity contribution is 0.0859. The Hall–Kier alpha value is -2.24. The molecule has 28 heavy (non-hydrogen) atoms. The Balaban J connectivity index is 2.06. The van der Waals surface area contributed by atoms with Crippen molar-refractivity contribution in [1.82, 2.24) is 0 Å². The predicted molar refractivity (Wildman–Crippen MR) is 119 cm³/mol. The van der Waals surface area contributed by atoms with Crippen molar-refractivity contribution < 1.29 is 13.3 Å². The Bertz CT molecular complexity index is 1070. The van der Waals surface area contributed by atoms with Gasteiger partial charge in [-0.25, -0.2) is 0 Å². The van der Waals surface area contributed by atoms with Gasteiger partial charge in [-0.05, 0) is 59.2 Å². The minimum absolute atomic E-state index is 0.558. The molecule has 0 aliphatic carbocycles. The van der Waals surface area contributed by atoms with Crippen molar-refractivity contribution in [3.8, 4) is 0 Å². The highest BCUT2D eigenvalue weighted by atomic mass is 28.4. The van der Waals surface area contributed by atoms with Crippen LogP contribution in [0.3, 0.4) is 0 Å². The van der Waals surface area contributed by atoms with Gasteiger partial charge in [0, 0.05) is 25.0 Å². The van der Waals surface area contributed by atoms with Crippen LogP contribution in [0.5, 0.6) is 0 Å². The second kappa shape index (κ2) is 8.01. The molecule has 0 atom stereocenters. The van der Waals surface area contributed by atoms with E-state index in [0.29, 0.717) is 19.8 Å². The van der Waals surface area contributed by atoms with E-state index in [2.05, 4.69) is 66.7 Å². The van der Waals surface area contributed by atoms with E-state index in [9.17, 15) is 0 Å². The summed E-state index contributed by atoms with van der Waals surface area (Å²) in [5, 5.41) is 8.52. The number of hydrogen-bond acceptors (Lipinski definition) is 3. The third-order valence-corrected chi connectivity index (χ3v) is 8.13. The van der Waals surface area contributed by atoms with Crippen molar-refractivity contribution in [3.05, 3.63) is 66.7 Å². The van der Waals surface area contributed by atoms with Gasteiger partial charge in [0.2, 0.25) is 0 Å². The first-order chi connectivity index (χ1) is 13.7. The van der Waals surface area contributed by atoms with Crippen LogP contribution in [0, 0.1) is 0 Å². The summed E-state index contributed by atoms with van der Waals surface area (Å²) in [6.07, 6.45) is 0. The van der Waals surface area contributed by atoms with Gasteiger partial charge in [-0.3, -0.25) is 0 Å². The highest BCUT2D eigenvalue weighted by Gasteiger charge is 2.43. The van der Waals surface area contributed by atoms with E-state index in [4.69, 9.17) is 13.3 Å². The Labute approximate surface area is 167 Å². The number of rotatable bonds is 7. The van der Waals surface area contributed by atoms with Crippen LogP contribution in [0.1, 0.15) is 20.8 Å². The molecule has 0 saturated carbocycles. The zero-order chi connectivity index (χ0) is 19.6. The maximum atomic E-state index is 6.14. The Morgan fingerprint density at radius 2 is 0.929 bits per heavy atom. The first kappa shape index (κ1) is 19.1. The van der Waals surface area contributed by atoms with Gasteiger partial charge in [0.15, 0.2) is 0 Å². The fourth-order valence-corrected chi connectivity index (χ4v) is 6.54. The molecular weight excluding hydrogens is 364 g/mol. The largest absolute Gasteiger partial charge is 0.537 e. The van der Waals surface area contributed by atoms with Gasteiger partial charge >= 0.3 is 8.80 Å². The summed E-state index contributed by atoms with van der Waals surface area (Å²) in [6, 6.07) is 23.7. The number of benzene rings is 4. The van der Waals surface area contributed by atoms with Crippen LogP contribution in [0.2, 0.25) is 0 Å². The molecular formula is C24H26O3Si. The molecule has 4 heteroatoms. The first-order valence-corrected chi connectivity index (χ1v) is 11.7. The van der Waals surface area contributed by atoms with Gasteiger partial charge in [-0.15, -0.1) is 0 Å². The molecule has 0 aromatic heterocycles. The second-order valence-corrected chi connectivity index (χ2v) is 9.26. The molecule has 3 nitrogen and oxygen atoms in total. The van der Waals surface area contributed by atoms with Gasteiger partial charge in [0.1, 0.15) is 0 Å². The van der Waals surface area contributed by atoms with E-state index >= 15 is 0 Å². The Morgan fingerprint density at radius 1 is 0.536 bits per heavy atom. The van der Waals surface area contributed by atoms with Gasteiger partial charge in [-0.2, -0.15) is 0 Å². The van der Waals surface area contributed by atoms with E-state index in [1.807, 2.05) is 20.8 Å². The lowest BCUT2D eigenvalue weighted by Crippen LogP contribution is -2.56. The van der Waals surface area contributed by atoms with E-state index in [0.717, 1.165) is 5.19 Å². The second-order valence-electron chi connectivity index (χ2n) is 6.71. The highest BCUT2D eigenvalue weighted by Crippen LogP contribution is 2.34. The van der Waals surface area contributed by atoms with Crippen LogP contribution >= 0.6 is 0 Å². The molecule has 0 aliphatic rings. The van der Waals surface area contributed by atoms with Crippen LogP contribution in [0.4, 0.5) is 0 Å². The Kier molecular flexibility index (Phi) is 5.46. The topological polar surface area (TPSA) is 27.7 Å². The van der Waals surface area contributed by atoms with Crippen molar-refractivity contribution in [1.29, 1.82) is 0 Å². The molecule has 0 radical (unpaired) electrons. The molecule has 0 N–H and O–H groups in total. The zero-order valence-electron chi connectivity index (χ0n) is 16.7. The molecule has 4 aromatic carbocycles. The normalized spacial score (nSPS) is 12.2. The zero-order valence-corrected chi connectivity index (χ0v) is 17.7. The average molecular weight is 391 g/mol. The van der Waals surface area contributed by atoms with Crippen LogP contribution < -0.4 is 5.19 Å². The molecule has 4 rings (SSSR count). The molecule has 0 fully saturated rings. The smallest absolute Gasteiger partial charge is 0.370 e. The highest BCUT2D eigenvalue weighted by molar-refractivity contribution is 6.75. The number of hydrogen-bond donors (Lipinski definition) is 0. The Morgan fingerprint density at radius 3 is 1.36 bits per heavy atom. The minimum atomic E-state index is -2.94. The predicted octanol–water partition coefficient (Wildman–Crippen LogP) is 5.40. The molecule has 144 valence electrons. The maximum Gasteiger partial charge on any atom is 0.537 e. The SMILES string of the molecule is CCO[Si](OCC)(OCC)c1ccc2c3ccccc3c3ccccc3c2c1. The van der Waals surface area contributed by atoms with Crippen LogP contribution in [0.25, 0.3) is 32.3 Å². The summed E-state index contributed by atoms with van der Waals surface area (Å²) in [5.74, 6) is 0. The summed E-state index contributed by atoms with van der Waals surface area (Å²) < 4.78 is 18.4. The van der Waals surface area contributed by atoms with Crippen molar-refractivity contribution in [2.75, 3.05) is 19.8 Å². The molecule has 0 spiro atoms. The molecule has 0 unspecified atom stereocenters. The van der Waals surface area contributed by atoms with Crippen molar-refractivity contribution in [2.45, 2.75) is 20.8 Å². The summed E-state index contributed by atoms with van der Waals surface area (Å²) in [7, 11) is -2.94. The molecule has 0 saturated heterocycles. The fraction of sp³-hybridized carbons (Fsp3) is 0.250. The first-order valence-electron chi connectivity index (χ1n) is 9.99. The van der Waals surface area contributed by atoms with Crippen molar-refractivity contribution >= 4 is 46.3 Å². The van der Waals surface area contributed by atoms with Crippen molar-refractivity contribution in [2.24, 2.45) is 0 Å². The van der Waals surface area contributed by atoms with E-state index in [-0.39, 0.29) is 0 Å². The summed E-state index contributed by atoms with van der Waals surface area (Å²) >= 11 is 0. The van der Waals surface area contributed by atoms with Gasteiger partial charge < -0.3 is 13.3 Å². The van der Waals surface area contributed by atoms with Crippen LogP contribution in [-0.4, -0.2) is 28.6 Å². The molecule has 0 bridgehead atoms. The average Bonchev–Trinajstić information content (AvgIpc) is 2.74. The lowest BCUT2D eigenvalue weighted by atomic mass is 9.94. The summed E-state index contributed by atoms with van der Waals surface area (Å²) in [4.78, 5) is 0. The minimum Gasteiger partial charge on any atom is -0.370 e. The molecule has 0 aliphatic heterocycles. The van der Waals surface area contributed by atoms with E-state index in [1.54, 1.807) is 0 Å². The van der Waals surface area contributed by atoms with Gasteiger partial charge in [0.05, 0.1) is 0 Å². The van der Waals surface area contributed by atoms with Gasteiger partial charge in [0.25, 0.3) is 0 Å². The van der Waals surface area contributed by atoms with E-state index < -0.39 is 8.80 Å².